The lowest BCUT2D eigenvalue weighted by Gasteiger charge is -2.49. The number of carbonyl (C=O) groups is 1. The van der Waals surface area contributed by atoms with E-state index >= 15 is 0 Å². The Morgan fingerprint density at radius 2 is 2.05 bits per heavy atom. The van der Waals surface area contributed by atoms with Gasteiger partial charge >= 0.3 is 0 Å². The molecule has 1 aromatic carbocycles. The van der Waals surface area contributed by atoms with Gasteiger partial charge in [-0.2, -0.15) is 0 Å². The van der Waals surface area contributed by atoms with Crippen molar-refractivity contribution in [3.63, 3.8) is 0 Å². The molecule has 116 valence electrons. The zero-order valence-electron chi connectivity index (χ0n) is 13.4. The van der Waals surface area contributed by atoms with Gasteiger partial charge in [-0.3, -0.25) is 4.79 Å². The first-order valence-corrected chi connectivity index (χ1v) is 8.52. The molecule has 1 aliphatic carbocycles. The molecular formula is C19H24N2O. The maximum atomic E-state index is 12.6. The van der Waals surface area contributed by atoms with Crippen molar-refractivity contribution in [3.05, 3.63) is 41.1 Å². The number of rotatable bonds is 1. The number of fused-ring (bicyclic) bond motifs is 3. The number of allylic oxidation sites excluding steroid dienone is 2. The number of hydrogen-bond acceptors (Lipinski definition) is 3. The molecule has 0 fully saturated rings. The first-order chi connectivity index (χ1) is 10.6. The number of Topliss-reactive ketones (excluding diaryl/α,β-unsaturated/α-hetero) is 1. The average molecular weight is 296 g/mol. The summed E-state index contributed by atoms with van der Waals surface area (Å²) in [4.78, 5) is 15.0. The van der Waals surface area contributed by atoms with Crippen LogP contribution >= 0.6 is 0 Å². The smallest absolute Gasteiger partial charge is 0.160 e. The fourth-order valence-corrected chi connectivity index (χ4v) is 4.35. The minimum atomic E-state index is 0.340. The summed E-state index contributed by atoms with van der Waals surface area (Å²) in [5, 5.41) is 3.71. The van der Waals surface area contributed by atoms with Crippen molar-refractivity contribution in [1.82, 2.24) is 4.90 Å². The second kappa shape index (κ2) is 5.15. The van der Waals surface area contributed by atoms with Gasteiger partial charge in [0, 0.05) is 29.9 Å². The van der Waals surface area contributed by atoms with E-state index in [1.807, 2.05) is 0 Å². The largest absolute Gasteiger partial charge is 0.365 e. The molecule has 1 N–H and O–H groups in total. The summed E-state index contributed by atoms with van der Waals surface area (Å²) < 4.78 is 0. The Morgan fingerprint density at radius 1 is 1.23 bits per heavy atom. The van der Waals surface area contributed by atoms with Crippen LogP contribution < -0.4 is 5.32 Å². The Kier molecular flexibility index (Phi) is 3.24. The van der Waals surface area contributed by atoms with Crippen molar-refractivity contribution in [2.24, 2.45) is 11.8 Å². The quantitative estimate of drug-likeness (QED) is 0.852. The number of carbonyl (C=O) groups excluding carboxylic acids is 1. The molecule has 2 aliphatic heterocycles. The van der Waals surface area contributed by atoms with Crippen LogP contribution in [0.5, 0.6) is 0 Å². The zero-order chi connectivity index (χ0) is 15.3. The van der Waals surface area contributed by atoms with Crippen LogP contribution in [0.25, 0.3) is 0 Å². The first kappa shape index (κ1) is 13.9. The number of para-hydroxylation sites is 1. The standard InChI is InChI=1S/C19H24N2O/c1-12(2)14-10-18-20-15-7-4-3-6-13(15)11-21(18)16-8-5-9-17(22)19(14)16/h3-4,6-7,12,14,18,20H,5,8-11H2,1-2H3/t14-,18+/m0/s1. The van der Waals surface area contributed by atoms with E-state index in [2.05, 4.69) is 48.3 Å². The SMILES string of the molecule is CC(C)[C@@H]1C[C@@H]2Nc3ccccc3CN2C2=C1C(=O)CCC2. The van der Waals surface area contributed by atoms with Crippen molar-refractivity contribution >= 4 is 11.5 Å². The van der Waals surface area contributed by atoms with Crippen LogP contribution in [0.2, 0.25) is 0 Å². The molecule has 4 rings (SSSR count). The predicted octanol–water partition coefficient (Wildman–Crippen LogP) is 3.92. The number of nitrogens with zero attached hydrogens (tertiary/aromatic N) is 1. The van der Waals surface area contributed by atoms with Gasteiger partial charge in [0.1, 0.15) is 0 Å². The normalized spacial score (nSPS) is 27.2. The summed E-state index contributed by atoms with van der Waals surface area (Å²) in [5.74, 6) is 1.33. The number of benzene rings is 1. The Balaban J connectivity index is 1.78. The lowest BCUT2D eigenvalue weighted by molar-refractivity contribution is -0.117. The van der Waals surface area contributed by atoms with E-state index < -0.39 is 0 Å². The first-order valence-electron chi connectivity index (χ1n) is 8.52. The molecular weight excluding hydrogens is 272 g/mol. The molecule has 3 nitrogen and oxygen atoms in total. The molecule has 22 heavy (non-hydrogen) atoms. The Bertz CT molecular complexity index is 647. The highest BCUT2D eigenvalue weighted by atomic mass is 16.1. The molecule has 0 unspecified atom stereocenters. The molecule has 0 bridgehead atoms. The molecule has 3 heteroatoms. The molecule has 2 heterocycles. The van der Waals surface area contributed by atoms with Crippen LogP contribution in [-0.4, -0.2) is 16.8 Å². The van der Waals surface area contributed by atoms with Gasteiger partial charge in [0.15, 0.2) is 5.78 Å². The second-order valence-corrected chi connectivity index (χ2v) is 7.17. The summed E-state index contributed by atoms with van der Waals surface area (Å²) in [6, 6.07) is 8.56. The number of anilines is 1. The Labute approximate surface area is 132 Å². The van der Waals surface area contributed by atoms with Crippen LogP contribution in [0.4, 0.5) is 5.69 Å². The maximum absolute atomic E-state index is 12.6. The van der Waals surface area contributed by atoms with Crippen molar-refractivity contribution < 1.29 is 4.79 Å². The van der Waals surface area contributed by atoms with Crippen molar-refractivity contribution in [2.45, 2.75) is 52.2 Å². The van der Waals surface area contributed by atoms with Crippen LogP contribution in [0.3, 0.4) is 0 Å². The van der Waals surface area contributed by atoms with E-state index in [-0.39, 0.29) is 0 Å². The van der Waals surface area contributed by atoms with Gasteiger partial charge in [-0.1, -0.05) is 32.0 Å². The van der Waals surface area contributed by atoms with Crippen molar-refractivity contribution in [1.29, 1.82) is 0 Å². The highest BCUT2D eigenvalue weighted by Crippen LogP contribution is 2.44. The summed E-state index contributed by atoms with van der Waals surface area (Å²) in [7, 11) is 0. The zero-order valence-corrected chi connectivity index (χ0v) is 13.4. The minimum Gasteiger partial charge on any atom is -0.365 e. The van der Waals surface area contributed by atoms with Gasteiger partial charge in [0.25, 0.3) is 0 Å². The van der Waals surface area contributed by atoms with Crippen molar-refractivity contribution in [2.75, 3.05) is 5.32 Å². The molecule has 3 aliphatic rings. The summed E-state index contributed by atoms with van der Waals surface area (Å²) >= 11 is 0. The van der Waals surface area contributed by atoms with Crippen LogP contribution in [-0.2, 0) is 11.3 Å². The minimum absolute atomic E-state index is 0.340. The molecule has 0 spiro atoms. The number of hydrogen-bond donors (Lipinski definition) is 1. The van der Waals surface area contributed by atoms with E-state index in [0.29, 0.717) is 23.8 Å². The number of ketones is 1. The van der Waals surface area contributed by atoms with E-state index in [4.69, 9.17) is 0 Å². The van der Waals surface area contributed by atoms with Crippen LogP contribution in [0.15, 0.2) is 35.5 Å². The van der Waals surface area contributed by atoms with Gasteiger partial charge < -0.3 is 10.2 Å². The summed E-state index contributed by atoms with van der Waals surface area (Å²) in [6.07, 6.45) is 4.19. The van der Waals surface area contributed by atoms with Gasteiger partial charge in [-0.25, -0.2) is 0 Å². The third kappa shape index (κ3) is 2.06. The Morgan fingerprint density at radius 3 is 2.86 bits per heavy atom. The van der Waals surface area contributed by atoms with Crippen LogP contribution in [0, 0.1) is 11.8 Å². The van der Waals surface area contributed by atoms with Crippen molar-refractivity contribution in [3.8, 4) is 0 Å². The molecule has 2 atom stereocenters. The fraction of sp³-hybridized carbons (Fsp3) is 0.526. The highest BCUT2D eigenvalue weighted by Gasteiger charge is 2.41. The highest BCUT2D eigenvalue weighted by molar-refractivity contribution is 5.97. The molecule has 0 radical (unpaired) electrons. The lowest BCUT2D eigenvalue weighted by atomic mass is 9.74. The third-order valence-electron chi connectivity index (χ3n) is 5.48. The molecule has 0 saturated heterocycles. The van der Waals surface area contributed by atoms with E-state index in [1.165, 1.54) is 16.9 Å². The summed E-state index contributed by atoms with van der Waals surface area (Å²) in [6.45, 7) is 5.44. The van der Waals surface area contributed by atoms with Gasteiger partial charge in [-0.15, -0.1) is 0 Å². The molecule has 1 aromatic rings. The van der Waals surface area contributed by atoms with E-state index in [9.17, 15) is 4.79 Å². The van der Waals surface area contributed by atoms with E-state index in [0.717, 1.165) is 37.8 Å². The average Bonchev–Trinajstić information content (AvgIpc) is 2.52. The number of nitrogens with one attached hydrogen (secondary N) is 1. The van der Waals surface area contributed by atoms with E-state index in [1.54, 1.807) is 0 Å². The third-order valence-corrected chi connectivity index (χ3v) is 5.48. The maximum Gasteiger partial charge on any atom is 0.160 e. The topological polar surface area (TPSA) is 32.3 Å². The van der Waals surface area contributed by atoms with Crippen LogP contribution in [0.1, 0.15) is 45.1 Å². The summed E-state index contributed by atoms with van der Waals surface area (Å²) in [5.41, 5.74) is 5.08. The second-order valence-electron chi connectivity index (χ2n) is 7.17. The molecule has 0 aromatic heterocycles. The molecule has 0 amide bonds. The molecule has 0 saturated carbocycles. The fourth-order valence-electron chi connectivity index (χ4n) is 4.35. The van der Waals surface area contributed by atoms with Gasteiger partial charge in [0.05, 0.1) is 6.17 Å². The van der Waals surface area contributed by atoms with Gasteiger partial charge in [0.2, 0.25) is 0 Å². The van der Waals surface area contributed by atoms with Gasteiger partial charge in [-0.05, 0) is 42.7 Å². The predicted molar refractivity (Wildman–Crippen MR) is 88.2 cm³/mol. The lowest BCUT2D eigenvalue weighted by Crippen LogP contribution is -2.50. The monoisotopic (exact) mass is 296 g/mol. The Hall–Kier alpha value is -1.77.